The highest BCUT2D eigenvalue weighted by atomic mass is 79.9. The summed E-state index contributed by atoms with van der Waals surface area (Å²) in [6, 6.07) is 26.0. The molecule has 0 aliphatic carbocycles. The molecule has 43 heavy (non-hydrogen) atoms. The topological polar surface area (TPSA) is 95.6 Å². The number of halogens is 3. The Kier molecular flexibility index (Phi) is 9.40. The maximum Gasteiger partial charge on any atom is 0.272 e. The fraction of sp³-hybridized carbons (Fsp3) is 0.0625. The van der Waals surface area contributed by atoms with Crippen molar-refractivity contribution in [3.8, 4) is 0 Å². The van der Waals surface area contributed by atoms with Gasteiger partial charge in [-0.1, -0.05) is 51.8 Å². The van der Waals surface area contributed by atoms with Gasteiger partial charge in [0.1, 0.15) is 11.5 Å². The largest absolute Gasteiger partial charge is 0.321 e. The maximum absolute atomic E-state index is 14.5. The summed E-state index contributed by atoms with van der Waals surface area (Å²) in [6.07, 6.45) is 1.24. The molecule has 1 aliphatic heterocycles. The third-order valence-corrected chi connectivity index (χ3v) is 8.45. The number of nitrogens with one attached hydrogen (secondary N) is 2. The number of carbonyl (C=O) groups is 4. The monoisotopic (exact) mass is 677 g/mol. The number of hydrogen-bond acceptors (Lipinski definition) is 5. The lowest BCUT2D eigenvalue weighted by Gasteiger charge is -2.15. The number of anilines is 2. The molecule has 0 spiro atoms. The molecule has 4 amide bonds. The summed E-state index contributed by atoms with van der Waals surface area (Å²) in [5.41, 5.74) is 0.934. The molecule has 0 aromatic heterocycles. The van der Waals surface area contributed by atoms with Gasteiger partial charge in [0.2, 0.25) is 11.8 Å². The second-order valence-electron chi connectivity index (χ2n) is 9.35. The van der Waals surface area contributed by atoms with Crippen LogP contribution in [0.4, 0.5) is 15.8 Å². The Labute approximate surface area is 264 Å². The lowest BCUT2D eigenvalue weighted by molar-refractivity contribution is -0.121. The lowest BCUT2D eigenvalue weighted by Crippen LogP contribution is -2.31. The molecule has 1 heterocycles. The van der Waals surface area contributed by atoms with Gasteiger partial charge in [0.25, 0.3) is 11.8 Å². The first-order valence-electron chi connectivity index (χ1n) is 12.9. The summed E-state index contributed by atoms with van der Waals surface area (Å²) in [6.45, 7) is 0. The van der Waals surface area contributed by atoms with Crippen LogP contribution in [-0.2, 0) is 14.4 Å². The normalized spacial score (nSPS) is 15.0. The zero-order chi connectivity index (χ0) is 30.5. The van der Waals surface area contributed by atoms with Crippen molar-refractivity contribution in [3.63, 3.8) is 0 Å². The number of thioether (sulfide) groups is 1. The van der Waals surface area contributed by atoms with Crippen molar-refractivity contribution in [1.82, 2.24) is 5.32 Å². The average Bonchev–Trinajstić information content (AvgIpc) is 3.28. The molecular weight excluding hydrogens is 657 g/mol. The minimum atomic E-state index is -0.703. The summed E-state index contributed by atoms with van der Waals surface area (Å²) < 4.78 is 15.4. The summed E-state index contributed by atoms with van der Waals surface area (Å²) in [5.74, 6) is -2.50. The Bertz CT molecular complexity index is 1710. The van der Waals surface area contributed by atoms with Crippen LogP contribution in [0.1, 0.15) is 22.3 Å². The molecular formula is C32H22BrClFN3O4S. The maximum atomic E-state index is 14.5. The van der Waals surface area contributed by atoms with E-state index in [1.165, 1.54) is 40.9 Å². The molecule has 1 fully saturated rings. The van der Waals surface area contributed by atoms with Crippen LogP contribution in [-0.4, -0.2) is 28.9 Å². The Morgan fingerprint density at radius 3 is 2.30 bits per heavy atom. The first kappa shape index (κ1) is 30.2. The van der Waals surface area contributed by atoms with Gasteiger partial charge in [-0.15, -0.1) is 11.8 Å². The van der Waals surface area contributed by atoms with E-state index in [1.807, 2.05) is 0 Å². The number of hydrogen-bond donors (Lipinski definition) is 2. The Balaban J connectivity index is 1.30. The quantitative estimate of drug-likeness (QED) is 0.154. The van der Waals surface area contributed by atoms with Crippen LogP contribution in [0.5, 0.6) is 0 Å². The van der Waals surface area contributed by atoms with Crippen LogP contribution < -0.4 is 15.5 Å². The molecule has 1 aliphatic rings. The SMILES string of the molecule is O=C(Nc1ccc(SC2CC(=O)N(c3ccc(Br)cc3)C2=O)cc1)/C(=C/c1c(F)cccc1Cl)NC(=O)c1ccccc1. The van der Waals surface area contributed by atoms with E-state index in [0.29, 0.717) is 21.8 Å². The number of benzene rings is 4. The third kappa shape index (κ3) is 7.22. The predicted octanol–water partition coefficient (Wildman–Crippen LogP) is 7.08. The molecule has 5 rings (SSSR count). The number of amides is 4. The fourth-order valence-corrected chi connectivity index (χ4v) is 5.81. The van der Waals surface area contributed by atoms with Crippen LogP contribution in [0.3, 0.4) is 0 Å². The molecule has 0 saturated carbocycles. The van der Waals surface area contributed by atoms with E-state index < -0.39 is 22.9 Å². The van der Waals surface area contributed by atoms with Crippen LogP contribution in [0.2, 0.25) is 5.02 Å². The number of imide groups is 1. The van der Waals surface area contributed by atoms with Gasteiger partial charge in [0.05, 0.1) is 16.0 Å². The summed E-state index contributed by atoms with van der Waals surface area (Å²) in [5, 5.41) is 4.72. The van der Waals surface area contributed by atoms with Gasteiger partial charge in [-0.05, 0) is 78.9 Å². The van der Waals surface area contributed by atoms with Gasteiger partial charge in [-0.2, -0.15) is 0 Å². The van der Waals surface area contributed by atoms with Crippen molar-refractivity contribution in [2.45, 2.75) is 16.6 Å². The summed E-state index contributed by atoms with van der Waals surface area (Å²) in [7, 11) is 0. The molecule has 1 unspecified atom stereocenters. The standard InChI is InChI=1S/C32H22BrClFN3O4S/c33-20-9-13-22(14-10-20)38-29(39)18-28(32(38)42)43-23-15-11-21(12-16-23)36-31(41)27(17-24-25(34)7-4-8-26(24)35)37-30(40)19-5-2-1-3-6-19/h1-17,28H,18H2,(H,36,41)(H,37,40)/b27-17-. The Hall–Kier alpha value is -4.25. The zero-order valence-electron chi connectivity index (χ0n) is 22.2. The van der Waals surface area contributed by atoms with E-state index in [0.717, 1.165) is 4.47 Å². The van der Waals surface area contributed by atoms with Crippen LogP contribution in [0.25, 0.3) is 6.08 Å². The number of nitrogens with zero attached hydrogens (tertiary/aromatic N) is 1. The van der Waals surface area contributed by atoms with Gasteiger partial charge < -0.3 is 10.6 Å². The van der Waals surface area contributed by atoms with Crippen LogP contribution >= 0.6 is 39.3 Å². The highest BCUT2D eigenvalue weighted by Crippen LogP contribution is 2.35. The number of rotatable bonds is 8. The molecule has 0 bridgehead atoms. The van der Waals surface area contributed by atoms with Gasteiger partial charge in [0, 0.05) is 32.6 Å². The van der Waals surface area contributed by atoms with Crippen molar-refractivity contribution in [2.75, 3.05) is 10.2 Å². The van der Waals surface area contributed by atoms with E-state index in [9.17, 15) is 23.6 Å². The minimum Gasteiger partial charge on any atom is -0.321 e. The second kappa shape index (κ2) is 13.4. The highest BCUT2D eigenvalue weighted by Gasteiger charge is 2.40. The van der Waals surface area contributed by atoms with Crippen LogP contribution in [0.15, 0.2) is 112 Å². The van der Waals surface area contributed by atoms with Gasteiger partial charge >= 0.3 is 0 Å². The van der Waals surface area contributed by atoms with E-state index in [4.69, 9.17) is 11.6 Å². The predicted molar refractivity (Wildman–Crippen MR) is 169 cm³/mol. The summed E-state index contributed by atoms with van der Waals surface area (Å²) >= 11 is 10.8. The molecule has 216 valence electrons. The van der Waals surface area contributed by atoms with Crippen molar-refractivity contribution in [1.29, 1.82) is 0 Å². The van der Waals surface area contributed by atoms with Crippen molar-refractivity contribution in [3.05, 3.63) is 129 Å². The zero-order valence-corrected chi connectivity index (χ0v) is 25.4. The average molecular weight is 679 g/mol. The van der Waals surface area contributed by atoms with Gasteiger partial charge in [-0.3, -0.25) is 19.2 Å². The van der Waals surface area contributed by atoms with Gasteiger partial charge in [0.15, 0.2) is 0 Å². The summed E-state index contributed by atoms with van der Waals surface area (Å²) in [4.78, 5) is 53.7. The smallest absolute Gasteiger partial charge is 0.272 e. The molecule has 4 aromatic rings. The Morgan fingerprint density at radius 2 is 1.63 bits per heavy atom. The van der Waals surface area contributed by atoms with Gasteiger partial charge in [-0.25, -0.2) is 9.29 Å². The first-order valence-corrected chi connectivity index (χ1v) is 15.0. The molecule has 4 aromatic carbocycles. The van der Waals surface area contributed by atoms with E-state index >= 15 is 0 Å². The van der Waals surface area contributed by atoms with Crippen molar-refractivity contribution < 1.29 is 23.6 Å². The molecule has 1 saturated heterocycles. The molecule has 7 nitrogen and oxygen atoms in total. The third-order valence-electron chi connectivity index (χ3n) is 6.40. The van der Waals surface area contributed by atoms with Crippen molar-refractivity contribution in [2.24, 2.45) is 0 Å². The van der Waals surface area contributed by atoms with Crippen LogP contribution in [0, 0.1) is 5.82 Å². The number of carbonyl (C=O) groups excluding carboxylic acids is 4. The van der Waals surface area contributed by atoms with E-state index in [-0.39, 0.29) is 34.5 Å². The molecule has 2 N–H and O–H groups in total. The minimum absolute atomic E-state index is 0.0533. The fourth-order valence-electron chi connectivity index (χ4n) is 4.27. The van der Waals surface area contributed by atoms with E-state index in [1.54, 1.807) is 78.9 Å². The first-order chi connectivity index (χ1) is 20.7. The highest BCUT2D eigenvalue weighted by molar-refractivity contribution is 9.10. The molecule has 1 atom stereocenters. The molecule has 0 radical (unpaired) electrons. The molecule has 11 heteroatoms. The van der Waals surface area contributed by atoms with E-state index in [2.05, 4.69) is 26.6 Å². The van der Waals surface area contributed by atoms with Crippen molar-refractivity contribution >= 4 is 80.4 Å². The Morgan fingerprint density at radius 1 is 0.930 bits per heavy atom. The second-order valence-corrected chi connectivity index (χ2v) is 11.9. The lowest BCUT2D eigenvalue weighted by atomic mass is 10.1.